The molecule has 1 amide bonds. The summed E-state index contributed by atoms with van der Waals surface area (Å²) in [4.78, 5) is 13.9. The number of carbonyl (C=O) groups excluding carboxylic acids is 1. The van der Waals surface area contributed by atoms with Gasteiger partial charge in [-0.15, -0.1) is 0 Å². The number of rotatable bonds is 5. The van der Waals surface area contributed by atoms with Gasteiger partial charge in [-0.05, 0) is 65.0 Å². The average molecular weight is 300 g/mol. The molecule has 0 bridgehead atoms. The molecule has 5 nitrogen and oxygen atoms in total. The summed E-state index contributed by atoms with van der Waals surface area (Å²) in [5.41, 5.74) is -0.447. The number of hydrogen-bond donors (Lipinski definition) is 2. The van der Waals surface area contributed by atoms with Gasteiger partial charge in [-0.25, -0.2) is 4.79 Å². The molecular weight excluding hydrogens is 268 g/mol. The Kier molecular flexibility index (Phi) is 6.94. The lowest BCUT2D eigenvalue weighted by Gasteiger charge is -2.40. The molecule has 2 N–H and O–H groups in total. The predicted octanol–water partition coefficient (Wildman–Crippen LogP) is 2.10. The SMILES string of the molecule is CNCCC(CO)C1CCN(C(=O)OC(C)(C)C)CC1C. The zero-order valence-corrected chi connectivity index (χ0v) is 14.2. The fourth-order valence-corrected chi connectivity index (χ4v) is 3.13. The van der Waals surface area contributed by atoms with E-state index in [2.05, 4.69) is 12.2 Å². The van der Waals surface area contributed by atoms with E-state index in [9.17, 15) is 9.90 Å². The van der Waals surface area contributed by atoms with Gasteiger partial charge in [0.25, 0.3) is 0 Å². The van der Waals surface area contributed by atoms with Gasteiger partial charge in [-0.3, -0.25) is 0 Å². The van der Waals surface area contributed by atoms with Crippen LogP contribution in [-0.4, -0.2) is 55.0 Å². The van der Waals surface area contributed by atoms with Crippen molar-refractivity contribution in [1.82, 2.24) is 10.2 Å². The highest BCUT2D eigenvalue weighted by molar-refractivity contribution is 5.68. The van der Waals surface area contributed by atoms with Crippen LogP contribution in [-0.2, 0) is 4.74 Å². The van der Waals surface area contributed by atoms with Crippen molar-refractivity contribution in [2.24, 2.45) is 17.8 Å². The zero-order valence-electron chi connectivity index (χ0n) is 14.2. The zero-order chi connectivity index (χ0) is 16.0. The summed E-state index contributed by atoms with van der Waals surface area (Å²) < 4.78 is 5.44. The number of carbonyl (C=O) groups is 1. The molecule has 0 radical (unpaired) electrons. The van der Waals surface area contributed by atoms with Crippen LogP contribution in [0.5, 0.6) is 0 Å². The largest absolute Gasteiger partial charge is 0.444 e. The Balaban J connectivity index is 2.55. The first-order valence-electron chi connectivity index (χ1n) is 8.02. The van der Waals surface area contributed by atoms with Gasteiger partial charge in [0.2, 0.25) is 0 Å². The van der Waals surface area contributed by atoms with Crippen molar-refractivity contribution >= 4 is 6.09 Å². The van der Waals surface area contributed by atoms with E-state index in [0.29, 0.717) is 17.8 Å². The summed E-state index contributed by atoms with van der Waals surface area (Å²) in [6.07, 6.45) is 1.70. The number of hydrogen-bond acceptors (Lipinski definition) is 4. The predicted molar refractivity (Wildman–Crippen MR) is 84.2 cm³/mol. The molecule has 1 rings (SSSR count). The molecule has 1 fully saturated rings. The Bertz CT molecular complexity index is 328. The molecule has 0 aliphatic carbocycles. The third-order valence-corrected chi connectivity index (χ3v) is 4.23. The Morgan fingerprint density at radius 1 is 1.48 bits per heavy atom. The molecule has 3 atom stereocenters. The van der Waals surface area contributed by atoms with Crippen LogP contribution in [0, 0.1) is 17.8 Å². The van der Waals surface area contributed by atoms with Crippen LogP contribution in [0.4, 0.5) is 4.79 Å². The lowest BCUT2D eigenvalue weighted by molar-refractivity contribution is 0.00276. The van der Waals surface area contributed by atoms with Crippen molar-refractivity contribution < 1.29 is 14.6 Å². The van der Waals surface area contributed by atoms with Gasteiger partial charge in [0.1, 0.15) is 5.60 Å². The van der Waals surface area contributed by atoms with Crippen molar-refractivity contribution in [3.05, 3.63) is 0 Å². The van der Waals surface area contributed by atoms with E-state index in [4.69, 9.17) is 4.74 Å². The number of nitrogens with zero attached hydrogens (tertiary/aromatic N) is 1. The van der Waals surface area contributed by atoms with Gasteiger partial charge in [-0.1, -0.05) is 6.92 Å². The van der Waals surface area contributed by atoms with Crippen LogP contribution >= 0.6 is 0 Å². The number of nitrogens with one attached hydrogen (secondary N) is 1. The van der Waals surface area contributed by atoms with E-state index in [1.165, 1.54) is 0 Å². The van der Waals surface area contributed by atoms with Crippen LogP contribution in [0.2, 0.25) is 0 Å². The first-order chi connectivity index (χ1) is 9.78. The molecule has 0 aromatic rings. The topological polar surface area (TPSA) is 61.8 Å². The minimum absolute atomic E-state index is 0.219. The normalized spacial score (nSPS) is 24.8. The summed E-state index contributed by atoms with van der Waals surface area (Å²) >= 11 is 0. The molecule has 1 aliphatic heterocycles. The number of piperidine rings is 1. The minimum atomic E-state index is -0.447. The van der Waals surface area contributed by atoms with Crippen molar-refractivity contribution in [3.8, 4) is 0 Å². The Hall–Kier alpha value is -0.810. The van der Waals surface area contributed by atoms with Crippen molar-refractivity contribution in [3.63, 3.8) is 0 Å². The summed E-state index contributed by atoms with van der Waals surface area (Å²) in [5.74, 6) is 1.18. The second-order valence-corrected chi connectivity index (χ2v) is 7.19. The van der Waals surface area contributed by atoms with Crippen LogP contribution in [0.25, 0.3) is 0 Å². The van der Waals surface area contributed by atoms with E-state index in [1.807, 2.05) is 27.8 Å². The van der Waals surface area contributed by atoms with E-state index in [0.717, 1.165) is 32.5 Å². The molecule has 124 valence electrons. The number of aliphatic hydroxyl groups excluding tert-OH is 1. The Labute approximate surface area is 129 Å². The highest BCUT2D eigenvalue weighted by Crippen LogP contribution is 2.32. The standard InChI is InChI=1S/C16H32N2O3/c1-12-10-18(15(20)21-16(2,3)4)9-7-14(12)13(11-19)6-8-17-5/h12-14,17,19H,6-11H2,1-5H3. The number of ether oxygens (including phenoxy) is 1. The highest BCUT2D eigenvalue weighted by Gasteiger charge is 2.34. The highest BCUT2D eigenvalue weighted by atomic mass is 16.6. The van der Waals surface area contributed by atoms with Gasteiger partial charge in [0.05, 0.1) is 0 Å². The van der Waals surface area contributed by atoms with E-state index in [-0.39, 0.29) is 12.7 Å². The van der Waals surface area contributed by atoms with Crippen LogP contribution in [0.1, 0.15) is 40.5 Å². The molecule has 0 saturated carbocycles. The molecule has 1 aliphatic rings. The Morgan fingerprint density at radius 3 is 2.62 bits per heavy atom. The maximum Gasteiger partial charge on any atom is 0.410 e. The monoisotopic (exact) mass is 300 g/mol. The van der Waals surface area contributed by atoms with E-state index < -0.39 is 5.60 Å². The molecule has 0 aromatic carbocycles. The van der Waals surface area contributed by atoms with E-state index >= 15 is 0 Å². The molecule has 3 unspecified atom stereocenters. The van der Waals surface area contributed by atoms with Gasteiger partial charge in [0, 0.05) is 19.7 Å². The molecule has 0 aromatic heterocycles. The van der Waals surface area contributed by atoms with Gasteiger partial charge in [0.15, 0.2) is 0 Å². The summed E-state index contributed by atoms with van der Waals surface area (Å²) in [5, 5.41) is 12.8. The maximum absolute atomic E-state index is 12.1. The van der Waals surface area contributed by atoms with Gasteiger partial charge in [-0.2, -0.15) is 0 Å². The molecule has 1 saturated heterocycles. The second kappa shape index (κ2) is 7.99. The first kappa shape index (κ1) is 18.2. The van der Waals surface area contributed by atoms with E-state index in [1.54, 1.807) is 4.90 Å². The van der Waals surface area contributed by atoms with Gasteiger partial charge >= 0.3 is 6.09 Å². The Morgan fingerprint density at radius 2 is 2.14 bits per heavy atom. The lowest BCUT2D eigenvalue weighted by Crippen LogP contribution is -2.47. The molecule has 1 heterocycles. The number of likely N-dealkylation sites (tertiary alicyclic amines) is 1. The molecule has 21 heavy (non-hydrogen) atoms. The van der Waals surface area contributed by atoms with Crippen molar-refractivity contribution in [1.29, 1.82) is 0 Å². The van der Waals surface area contributed by atoms with Crippen LogP contribution in [0.15, 0.2) is 0 Å². The fourth-order valence-electron chi connectivity index (χ4n) is 3.13. The van der Waals surface area contributed by atoms with Gasteiger partial charge < -0.3 is 20.1 Å². The fraction of sp³-hybridized carbons (Fsp3) is 0.938. The smallest absolute Gasteiger partial charge is 0.410 e. The number of amides is 1. The summed E-state index contributed by atoms with van der Waals surface area (Å²) in [6.45, 7) is 10.4. The summed E-state index contributed by atoms with van der Waals surface area (Å²) in [7, 11) is 1.93. The third-order valence-electron chi connectivity index (χ3n) is 4.23. The molecule has 5 heteroatoms. The quantitative estimate of drug-likeness (QED) is 0.816. The molecule has 0 spiro atoms. The molecular formula is C16H32N2O3. The van der Waals surface area contributed by atoms with Crippen LogP contribution < -0.4 is 5.32 Å². The van der Waals surface area contributed by atoms with Crippen molar-refractivity contribution in [2.75, 3.05) is 33.3 Å². The third kappa shape index (κ3) is 5.83. The average Bonchev–Trinajstić information content (AvgIpc) is 2.39. The van der Waals surface area contributed by atoms with Crippen LogP contribution in [0.3, 0.4) is 0 Å². The minimum Gasteiger partial charge on any atom is -0.444 e. The van der Waals surface area contributed by atoms with Crippen molar-refractivity contribution in [2.45, 2.75) is 46.1 Å². The summed E-state index contributed by atoms with van der Waals surface area (Å²) in [6, 6.07) is 0. The number of aliphatic hydroxyl groups is 1. The second-order valence-electron chi connectivity index (χ2n) is 7.19. The first-order valence-corrected chi connectivity index (χ1v) is 8.02. The lowest BCUT2D eigenvalue weighted by atomic mass is 9.76. The maximum atomic E-state index is 12.1.